The number of hydrogen-bond acceptors (Lipinski definition) is 5. The summed E-state index contributed by atoms with van der Waals surface area (Å²) in [6.45, 7) is 6.98. The first-order valence-electron chi connectivity index (χ1n) is 8.97. The van der Waals surface area contributed by atoms with Crippen LogP contribution in [0.25, 0.3) is 0 Å². The monoisotopic (exact) mass is 342 g/mol. The molecule has 0 aliphatic carbocycles. The van der Waals surface area contributed by atoms with Crippen LogP contribution in [0.3, 0.4) is 0 Å². The van der Waals surface area contributed by atoms with Crippen molar-refractivity contribution in [2.45, 2.75) is 58.8 Å². The zero-order chi connectivity index (χ0) is 17.6. The highest BCUT2D eigenvalue weighted by Crippen LogP contribution is 2.31. The van der Waals surface area contributed by atoms with Gasteiger partial charge in [0.05, 0.1) is 24.5 Å². The van der Waals surface area contributed by atoms with Crippen LogP contribution < -0.4 is 5.32 Å². The predicted octanol–water partition coefficient (Wildman–Crippen LogP) is 2.06. The van der Waals surface area contributed by atoms with Crippen LogP contribution in [0, 0.1) is 0 Å². The summed E-state index contributed by atoms with van der Waals surface area (Å²) in [6.07, 6.45) is 9.17. The average Bonchev–Trinajstić information content (AvgIpc) is 3.24. The summed E-state index contributed by atoms with van der Waals surface area (Å²) in [5, 5.41) is 7.21. The molecular weight excluding hydrogens is 316 g/mol. The van der Waals surface area contributed by atoms with Gasteiger partial charge in [0.2, 0.25) is 5.91 Å². The number of amides is 1. The number of aryl methyl sites for hydroxylation is 1. The molecule has 3 heterocycles. The molecule has 0 bridgehead atoms. The Morgan fingerprint density at radius 1 is 1.44 bits per heavy atom. The lowest BCUT2D eigenvalue weighted by atomic mass is 10.2. The summed E-state index contributed by atoms with van der Waals surface area (Å²) in [4.78, 5) is 22.7. The summed E-state index contributed by atoms with van der Waals surface area (Å²) in [5.41, 5.74) is 2.08. The Balaban J connectivity index is 1.68. The van der Waals surface area contributed by atoms with E-state index in [0.29, 0.717) is 6.54 Å². The van der Waals surface area contributed by atoms with Crippen molar-refractivity contribution < 1.29 is 4.79 Å². The molecule has 25 heavy (non-hydrogen) atoms. The average molecular weight is 342 g/mol. The third-order valence-corrected chi connectivity index (χ3v) is 4.44. The van der Waals surface area contributed by atoms with Gasteiger partial charge in [-0.15, -0.1) is 0 Å². The van der Waals surface area contributed by atoms with Gasteiger partial charge >= 0.3 is 0 Å². The van der Waals surface area contributed by atoms with Crippen LogP contribution in [-0.2, 0) is 24.4 Å². The smallest absolute Gasteiger partial charge is 0.217 e. The van der Waals surface area contributed by atoms with Gasteiger partial charge in [-0.25, -0.2) is 9.97 Å². The summed E-state index contributed by atoms with van der Waals surface area (Å²) in [6, 6.07) is 2.08. The largest absolute Gasteiger partial charge is 0.351 e. The SMILES string of the molecule is CCCn1cc(CN2CCCC2c2nccc(CNC(C)=O)n2)cn1. The first kappa shape index (κ1) is 17.5. The van der Waals surface area contributed by atoms with E-state index in [4.69, 9.17) is 0 Å². The number of nitrogens with one attached hydrogen (secondary N) is 1. The summed E-state index contributed by atoms with van der Waals surface area (Å²) < 4.78 is 2.00. The number of hydrogen-bond donors (Lipinski definition) is 1. The zero-order valence-corrected chi connectivity index (χ0v) is 15.0. The zero-order valence-electron chi connectivity index (χ0n) is 15.0. The van der Waals surface area contributed by atoms with E-state index in [2.05, 4.69) is 38.4 Å². The Hall–Kier alpha value is -2.28. The molecule has 7 nitrogen and oxygen atoms in total. The highest BCUT2D eigenvalue weighted by Gasteiger charge is 2.28. The minimum Gasteiger partial charge on any atom is -0.351 e. The number of aromatic nitrogens is 4. The molecule has 1 aliphatic rings. The van der Waals surface area contributed by atoms with Gasteiger partial charge in [-0.1, -0.05) is 6.92 Å². The van der Waals surface area contributed by atoms with E-state index < -0.39 is 0 Å². The van der Waals surface area contributed by atoms with E-state index in [1.54, 1.807) is 6.20 Å². The standard InChI is InChI=1S/C18H26N6O/c1-3-8-24-13-15(10-21-24)12-23-9-4-5-17(23)18-19-7-6-16(22-18)11-20-14(2)25/h6-7,10,13,17H,3-5,8-9,11-12H2,1-2H3,(H,20,25). The molecule has 1 fully saturated rings. The Bertz CT molecular complexity index is 713. The third-order valence-electron chi connectivity index (χ3n) is 4.44. The van der Waals surface area contributed by atoms with Crippen LogP contribution in [-0.4, -0.2) is 37.1 Å². The quantitative estimate of drug-likeness (QED) is 0.833. The molecule has 1 atom stereocenters. The maximum Gasteiger partial charge on any atom is 0.217 e. The second-order valence-electron chi connectivity index (χ2n) is 6.56. The van der Waals surface area contributed by atoms with Gasteiger partial charge in [0.1, 0.15) is 5.82 Å². The Labute approximate surface area is 148 Å². The topological polar surface area (TPSA) is 75.9 Å². The summed E-state index contributed by atoms with van der Waals surface area (Å²) >= 11 is 0. The van der Waals surface area contributed by atoms with Crippen molar-refractivity contribution in [3.8, 4) is 0 Å². The van der Waals surface area contributed by atoms with Crippen LogP contribution in [0.5, 0.6) is 0 Å². The molecule has 0 radical (unpaired) electrons. The number of carbonyl (C=O) groups is 1. The lowest BCUT2D eigenvalue weighted by molar-refractivity contribution is -0.119. The number of rotatable bonds is 7. The molecule has 1 amide bonds. The highest BCUT2D eigenvalue weighted by atomic mass is 16.1. The van der Waals surface area contributed by atoms with Crippen molar-refractivity contribution in [3.05, 3.63) is 41.7 Å². The van der Waals surface area contributed by atoms with Gasteiger partial charge in [-0.2, -0.15) is 5.10 Å². The van der Waals surface area contributed by atoms with Crippen LogP contribution >= 0.6 is 0 Å². The maximum absolute atomic E-state index is 11.1. The normalized spacial score (nSPS) is 17.8. The van der Waals surface area contributed by atoms with Gasteiger partial charge in [0.15, 0.2) is 0 Å². The van der Waals surface area contributed by atoms with Crippen LogP contribution in [0.4, 0.5) is 0 Å². The Morgan fingerprint density at radius 2 is 2.32 bits per heavy atom. The van der Waals surface area contributed by atoms with Crippen LogP contribution in [0.15, 0.2) is 24.7 Å². The van der Waals surface area contributed by atoms with Gasteiger partial charge in [-0.3, -0.25) is 14.4 Å². The second-order valence-corrected chi connectivity index (χ2v) is 6.56. The molecule has 7 heteroatoms. The van der Waals surface area contributed by atoms with Gasteiger partial charge in [0, 0.05) is 38.0 Å². The molecule has 0 spiro atoms. The molecule has 1 unspecified atom stereocenters. The fourth-order valence-corrected chi connectivity index (χ4v) is 3.27. The molecule has 2 aromatic rings. The number of carbonyl (C=O) groups excluding carboxylic acids is 1. The molecule has 134 valence electrons. The third kappa shape index (κ3) is 4.63. The van der Waals surface area contributed by atoms with Crippen molar-refractivity contribution in [1.82, 2.24) is 30.0 Å². The summed E-state index contributed by atoms with van der Waals surface area (Å²) in [5.74, 6) is 0.799. The molecule has 3 rings (SSSR count). The van der Waals surface area contributed by atoms with E-state index in [1.807, 2.05) is 16.9 Å². The minimum atomic E-state index is -0.0493. The molecule has 0 saturated carbocycles. The van der Waals surface area contributed by atoms with Crippen molar-refractivity contribution in [2.24, 2.45) is 0 Å². The second kappa shape index (κ2) is 8.20. The minimum absolute atomic E-state index is 0.0493. The lowest BCUT2D eigenvalue weighted by Crippen LogP contribution is -2.25. The van der Waals surface area contributed by atoms with Crippen molar-refractivity contribution >= 4 is 5.91 Å². The molecule has 2 aromatic heterocycles. The van der Waals surface area contributed by atoms with Crippen molar-refractivity contribution in [1.29, 1.82) is 0 Å². The van der Waals surface area contributed by atoms with Gasteiger partial charge in [-0.05, 0) is 31.9 Å². The molecule has 1 N–H and O–H groups in total. The first-order valence-corrected chi connectivity index (χ1v) is 8.97. The van der Waals surface area contributed by atoms with Crippen molar-refractivity contribution in [3.63, 3.8) is 0 Å². The fourth-order valence-electron chi connectivity index (χ4n) is 3.27. The van der Waals surface area contributed by atoms with E-state index >= 15 is 0 Å². The molecule has 1 saturated heterocycles. The van der Waals surface area contributed by atoms with E-state index in [0.717, 1.165) is 50.4 Å². The Kier molecular flexibility index (Phi) is 5.75. The van der Waals surface area contributed by atoms with E-state index in [9.17, 15) is 4.79 Å². The molecule has 0 aromatic carbocycles. The first-order chi connectivity index (χ1) is 12.2. The van der Waals surface area contributed by atoms with Crippen LogP contribution in [0.2, 0.25) is 0 Å². The number of likely N-dealkylation sites (tertiary alicyclic amines) is 1. The van der Waals surface area contributed by atoms with Crippen LogP contribution in [0.1, 0.15) is 56.2 Å². The molecular formula is C18H26N6O. The maximum atomic E-state index is 11.1. The van der Waals surface area contributed by atoms with Crippen molar-refractivity contribution in [2.75, 3.05) is 6.54 Å². The predicted molar refractivity (Wildman–Crippen MR) is 94.5 cm³/mol. The lowest BCUT2D eigenvalue weighted by Gasteiger charge is -2.22. The molecule has 1 aliphatic heterocycles. The highest BCUT2D eigenvalue weighted by molar-refractivity contribution is 5.72. The van der Waals surface area contributed by atoms with E-state index in [1.165, 1.54) is 12.5 Å². The van der Waals surface area contributed by atoms with Gasteiger partial charge < -0.3 is 5.32 Å². The summed E-state index contributed by atoms with van der Waals surface area (Å²) in [7, 11) is 0. The Morgan fingerprint density at radius 3 is 3.12 bits per heavy atom. The number of nitrogens with zero attached hydrogens (tertiary/aromatic N) is 5. The van der Waals surface area contributed by atoms with Gasteiger partial charge in [0.25, 0.3) is 0 Å². The fraction of sp³-hybridized carbons (Fsp3) is 0.556. The van der Waals surface area contributed by atoms with E-state index in [-0.39, 0.29) is 11.9 Å².